The first kappa shape index (κ1) is 33.1. The number of furan rings is 1. The summed E-state index contributed by atoms with van der Waals surface area (Å²) in [7, 11) is 0. The van der Waals surface area contributed by atoms with E-state index in [0.717, 1.165) is 72.7 Å². The van der Waals surface area contributed by atoms with E-state index in [1.54, 1.807) is 0 Å². The molecule has 0 atom stereocenters. The fourth-order valence-corrected chi connectivity index (χ4v) is 10.3. The van der Waals surface area contributed by atoms with E-state index in [1.807, 2.05) is 12.1 Å². The molecule has 0 saturated heterocycles. The summed E-state index contributed by atoms with van der Waals surface area (Å²) >= 11 is 0. The van der Waals surface area contributed by atoms with Crippen LogP contribution < -0.4 is 4.90 Å². The summed E-state index contributed by atoms with van der Waals surface area (Å²) in [5.74, 6) is 1.03. The van der Waals surface area contributed by atoms with Gasteiger partial charge in [0.25, 0.3) is 0 Å². The summed E-state index contributed by atoms with van der Waals surface area (Å²) < 4.78 is 8.74. The summed E-state index contributed by atoms with van der Waals surface area (Å²) in [6.45, 7) is 0. The molecule has 0 saturated carbocycles. The molecule has 11 aromatic rings. The molecule has 60 heavy (non-hydrogen) atoms. The molecule has 4 nitrogen and oxygen atoms in total. The Bertz CT molecular complexity index is 3440. The number of hydrogen-bond acceptors (Lipinski definition) is 3. The molecule has 0 unspecified atom stereocenters. The van der Waals surface area contributed by atoms with Gasteiger partial charge in [-0.25, -0.2) is 4.98 Å². The number of fused-ring (bicyclic) bond motifs is 15. The van der Waals surface area contributed by atoms with E-state index in [-0.39, 0.29) is 0 Å². The second kappa shape index (κ2) is 12.5. The monoisotopic (exact) mass is 765 g/mol. The van der Waals surface area contributed by atoms with Gasteiger partial charge in [0, 0.05) is 27.7 Å². The van der Waals surface area contributed by atoms with Crippen molar-refractivity contribution in [3.05, 3.63) is 235 Å². The Morgan fingerprint density at radius 1 is 0.433 bits per heavy atom. The molecule has 0 amide bonds. The molecule has 2 aromatic heterocycles. The predicted octanol–water partition coefficient (Wildman–Crippen LogP) is 14.4. The first-order valence-corrected chi connectivity index (χ1v) is 20.5. The number of imidazole rings is 1. The highest BCUT2D eigenvalue weighted by molar-refractivity contribution is 6.12. The van der Waals surface area contributed by atoms with Gasteiger partial charge in [0.05, 0.1) is 22.4 Å². The van der Waals surface area contributed by atoms with Gasteiger partial charge < -0.3 is 9.32 Å². The lowest BCUT2D eigenvalue weighted by atomic mass is 9.73. The number of benzene rings is 9. The summed E-state index contributed by atoms with van der Waals surface area (Å²) in [5, 5.41) is 2.26. The van der Waals surface area contributed by atoms with Crippen LogP contribution in [-0.4, -0.2) is 9.55 Å². The first-order chi connectivity index (χ1) is 29.8. The van der Waals surface area contributed by atoms with Crippen LogP contribution in [0.15, 0.2) is 217 Å². The van der Waals surface area contributed by atoms with E-state index in [1.165, 1.54) is 38.9 Å². The van der Waals surface area contributed by atoms with E-state index >= 15 is 0 Å². The van der Waals surface area contributed by atoms with Crippen molar-refractivity contribution in [1.82, 2.24) is 9.55 Å². The maximum Gasteiger partial charge on any atom is 0.136 e. The number of nitrogens with zero attached hydrogens (tertiary/aromatic N) is 3. The average molecular weight is 766 g/mol. The van der Waals surface area contributed by atoms with Crippen LogP contribution in [0.4, 0.5) is 17.1 Å². The predicted molar refractivity (Wildman–Crippen MR) is 245 cm³/mol. The standard InChI is InChI=1S/C56H35N3O/c1-2-14-36(15-3-1)37-28-32-39(33-29-37)58(40-34-30-38(31-35-40)41-19-12-27-52-53(41)44-18-6-11-26-51(44)60-52)50-25-13-22-47-54(50)59-49-24-10-9-23-48(49)57-55(59)56(47)45-20-7-4-16-42(45)43-17-5-8-21-46(43)56/h1-35H. The van der Waals surface area contributed by atoms with Gasteiger partial charge in [-0.05, 0) is 99.1 Å². The van der Waals surface area contributed by atoms with Crippen LogP contribution >= 0.6 is 0 Å². The lowest BCUT2D eigenvalue weighted by Crippen LogP contribution is -2.27. The van der Waals surface area contributed by atoms with Gasteiger partial charge >= 0.3 is 0 Å². The molecule has 0 bridgehead atoms. The zero-order valence-electron chi connectivity index (χ0n) is 32.5. The topological polar surface area (TPSA) is 34.2 Å². The van der Waals surface area contributed by atoms with Crippen molar-refractivity contribution in [1.29, 1.82) is 0 Å². The van der Waals surface area contributed by atoms with Crippen LogP contribution in [0.1, 0.15) is 22.5 Å². The molecule has 0 N–H and O–H groups in total. The quantitative estimate of drug-likeness (QED) is 0.175. The van der Waals surface area contributed by atoms with E-state index < -0.39 is 5.41 Å². The maximum atomic E-state index is 6.30. The van der Waals surface area contributed by atoms with Gasteiger partial charge in [-0.2, -0.15) is 0 Å². The highest BCUT2D eigenvalue weighted by Gasteiger charge is 2.55. The summed E-state index contributed by atoms with van der Waals surface area (Å²) in [6.07, 6.45) is 0. The Labute approximate surface area is 346 Å². The van der Waals surface area contributed by atoms with E-state index in [9.17, 15) is 0 Å². The summed E-state index contributed by atoms with van der Waals surface area (Å²) in [5.41, 5.74) is 18.5. The van der Waals surface area contributed by atoms with Crippen molar-refractivity contribution < 1.29 is 4.42 Å². The van der Waals surface area contributed by atoms with Gasteiger partial charge in [-0.1, -0.05) is 158 Å². The van der Waals surface area contributed by atoms with Crippen LogP contribution in [0.3, 0.4) is 0 Å². The molecular weight excluding hydrogens is 731 g/mol. The highest BCUT2D eigenvalue weighted by Crippen LogP contribution is 2.62. The summed E-state index contributed by atoms with van der Waals surface area (Å²) in [4.78, 5) is 7.98. The molecule has 1 aliphatic heterocycles. The van der Waals surface area contributed by atoms with Crippen LogP contribution in [0.2, 0.25) is 0 Å². The Hall–Kier alpha value is -7.95. The number of rotatable bonds is 5. The zero-order chi connectivity index (χ0) is 39.4. The van der Waals surface area contributed by atoms with E-state index in [4.69, 9.17) is 9.40 Å². The molecule has 1 aliphatic carbocycles. The van der Waals surface area contributed by atoms with Gasteiger partial charge in [0.15, 0.2) is 0 Å². The molecule has 0 radical (unpaired) electrons. The van der Waals surface area contributed by atoms with Crippen molar-refractivity contribution in [2.75, 3.05) is 4.90 Å². The number of hydrogen-bond donors (Lipinski definition) is 0. The molecule has 1 spiro atoms. The first-order valence-electron chi connectivity index (χ1n) is 20.5. The normalized spacial score (nSPS) is 13.1. The minimum absolute atomic E-state index is 0.601. The molecule has 2 aliphatic rings. The van der Waals surface area contributed by atoms with Crippen LogP contribution in [0.5, 0.6) is 0 Å². The van der Waals surface area contributed by atoms with Gasteiger partial charge in [-0.15, -0.1) is 0 Å². The Morgan fingerprint density at radius 2 is 1.00 bits per heavy atom. The van der Waals surface area contributed by atoms with Crippen LogP contribution in [0.25, 0.3) is 72.0 Å². The van der Waals surface area contributed by atoms with Crippen LogP contribution in [-0.2, 0) is 5.41 Å². The van der Waals surface area contributed by atoms with Crippen molar-refractivity contribution in [2.45, 2.75) is 5.41 Å². The third kappa shape index (κ3) is 4.47. The second-order valence-electron chi connectivity index (χ2n) is 15.8. The van der Waals surface area contributed by atoms with Crippen molar-refractivity contribution in [3.8, 4) is 39.1 Å². The van der Waals surface area contributed by atoms with Crippen molar-refractivity contribution in [3.63, 3.8) is 0 Å². The Morgan fingerprint density at radius 3 is 1.77 bits per heavy atom. The average Bonchev–Trinajstić information content (AvgIpc) is 4.05. The molecule has 3 heterocycles. The molecule has 13 rings (SSSR count). The minimum atomic E-state index is -0.601. The Kier molecular flexibility index (Phi) is 6.90. The Balaban J connectivity index is 1.06. The van der Waals surface area contributed by atoms with Crippen molar-refractivity contribution >= 4 is 50.0 Å². The van der Waals surface area contributed by atoms with Crippen molar-refractivity contribution in [2.24, 2.45) is 0 Å². The summed E-state index contributed by atoms with van der Waals surface area (Å²) in [6, 6.07) is 76.5. The molecular formula is C56H35N3O. The van der Waals surface area contributed by atoms with Gasteiger partial charge in [-0.3, -0.25) is 4.57 Å². The lowest BCUT2D eigenvalue weighted by molar-refractivity contribution is 0.669. The van der Waals surface area contributed by atoms with E-state index in [0.29, 0.717) is 0 Å². The smallest absolute Gasteiger partial charge is 0.136 e. The molecule has 9 aromatic carbocycles. The molecule has 280 valence electrons. The number of para-hydroxylation sites is 4. The number of anilines is 3. The fraction of sp³-hybridized carbons (Fsp3) is 0.0179. The molecule has 4 heteroatoms. The third-order valence-electron chi connectivity index (χ3n) is 12.8. The van der Waals surface area contributed by atoms with Gasteiger partial charge in [0.2, 0.25) is 0 Å². The largest absolute Gasteiger partial charge is 0.456 e. The highest BCUT2D eigenvalue weighted by atomic mass is 16.3. The lowest BCUT2D eigenvalue weighted by Gasteiger charge is -2.30. The van der Waals surface area contributed by atoms with Crippen LogP contribution in [0, 0.1) is 0 Å². The third-order valence-corrected chi connectivity index (χ3v) is 12.8. The molecule has 0 fully saturated rings. The second-order valence-corrected chi connectivity index (χ2v) is 15.8. The zero-order valence-corrected chi connectivity index (χ0v) is 32.5. The number of aromatic nitrogens is 2. The van der Waals surface area contributed by atoms with E-state index in [2.05, 4.69) is 210 Å². The van der Waals surface area contributed by atoms with Gasteiger partial charge in [0.1, 0.15) is 22.4 Å². The maximum absolute atomic E-state index is 6.30. The fourth-order valence-electron chi connectivity index (χ4n) is 10.3. The SMILES string of the molecule is c1ccc(-c2ccc(N(c3ccc(-c4cccc5oc6ccccc6c45)cc3)c3cccc4c3-n3c(nc5ccccc53)C43c4ccccc4-c4ccccc43)cc2)cc1. The minimum Gasteiger partial charge on any atom is -0.456 e.